The van der Waals surface area contributed by atoms with Gasteiger partial charge in [-0.3, -0.25) is 9.59 Å². The van der Waals surface area contributed by atoms with Crippen molar-refractivity contribution in [1.82, 2.24) is 0 Å². The van der Waals surface area contributed by atoms with Crippen LogP contribution in [-0.2, 0) is 14.3 Å². The van der Waals surface area contributed by atoms with Crippen molar-refractivity contribution in [3.05, 3.63) is 59.7 Å². The van der Waals surface area contributed by atoms with Gasteiger partial charge in [-0.25, -0.2) is 4.79 Å². The maximum Gasteiger partial charge on any atom is 0.347 e. The molecule has 28 heavy (non-hydrogen) atoms. The summed E-state index contributed by atoms with van der Waals surface area (Å²) in [5.74, 6) is -0.749. The fourth-order valence-electron chi connectivity index (χ4n) is 2.19. The number of anilines is 1. The van der Waals surface area contributed by atoms with Crippen LogP contribution in [0.5, 0.6) is 5.75 Å². The minimum atomic E-state index is -0.910. The van der Waals surface area contributed by atoms with Gasteiger partial charge < -0.3 is 14.8 Å². The van der Waals surface area contributed by atoms with Gasteiger partial charge in [0.15, 0.2) is 18.5 Å². The molecule has 0 unspecified atom stereocenters. The smallest absolute Gasteiger partial charge is 0.347 e. The number of hydrogen-bond donors (Lipinski definition) is 1. The predicted octanol–water partition coefficient (Wildman–Crippen LogP) is 3.10. The Kier molecular flexibility index (Phi) is 7.28. The van der Waals surface area contributed by atoms with Crippen LogP contribution in [0.4, 0.5) is 5.69 Å². The fraction of sp³-hybridized carbons (Fsp3) is 0.238. The first-order valence-electron chi connectivity index (χ1n) is 8.69. The van der Waals surface area contributed by atoms with Crippen LogP contribution in [0, 0.1) is 11.3 Å². The first-order chi connectivity index (χ1) is 13.4. The maximum absolute atomic E-state index is 12.2. The second-order valence-electron chi connectivity index (χ2n) is 5.91. The van der Waals surface area contributed by atoms with Crippen LogP contribution in [0.2, 0.25) is 0 Å². The maximum atomic E-state index is 12.2. The summed E-state index contributed by atoms with van der Waals surface area (Å²) in [4.78, 5) is 35.5. The molecule has 0 heterocycles. The van der Waals surface area contributed by atoms with Gasteiger partial charge in [-0.15, -0.1) is 0 Å². The quantitative estimate of drug-likeness (QED) is 0.557. The molecule has 1 N–H and O–H groups in total. The van der Waals surface area contributed by atoms with Crippen molar-refractivity contribution in [2.45, 2.75) is 26.4 Å². The SMILES string of the molecule is CCC(=O)Nc1ccc(C(=O)COC(=O)[C@H](C)Oc2ccc(C#N)cc2)cc1. The van der Waals surface area contributed by atoms with E-state index < -0.39 is 18.7 Å². The van der Waals surface area contributed by atoms with Crippen molar-refractivity contribution in [2.24, 2.45) is 0 Å². The van der Waals surface area contributed by atoms with E-state index in [2.05, 4.69) is 5.32 Å². The fourth-order valence-corrected chi connectivity index (χ4v) is 2.19. The Morgan fingerprint density at radius 2 is 1.71 bits per heavy atom. The number of carbonyl (C=O) groups excluding carboxylic acids is 3. The van der Waals surface area contributed by atoms with Crippen LogP contribution in [-0.4, -0.2) is 30.4 Å². The molecular formula is C21H20N2O5. The molecule has 7 nitrogen and oxygen atoms in total. The van der Waals surface area contributed by atoms with Crippen LogP contribution in [0.1, 0.15) is 36.2 Å². The first kappa shape index (κ1) is 20.6. The van der Waals surface area contributed by atoms with Gasteiger partial charge in [-0.1, -0.05) is 6.92 Å². The second kappa shape index (κ2) is 9.88. The number of amides is 1. The Hall–Kier alpha value is -3.66. The van der Waals surface area contributed by atoms with Gasteiger partial charge in [0.2, 0.25) is 5.91 Å². The van der Waals surface area contributed by atoms with Crippen molar-refractivity contribution in [3.63, 3.8) is 0 Å². The van der Waals surface area contributed by atoms with E-state index in [-0.39, 0.29) is 11.7 Å². The molecule has 0 aromatic heterocycles. The number of rotatable bonds is 8. The number of ether oxygens (including phenoxy) is 2. The highest BCUT2D eigenvalue weighted by atomic mass is 16.6. The highest BCUT2D eigenvalue weighted by Gasteiger charge is 2.18. The van der Waals surface area contributed by atoms with Gasteiger partial charge in [0.05, 0.1) is 11.6 Å². The minimum Gasteiger partial charge on any atom is -0.479 e. The van der Waals surface area contributed by atoms with E-state index in [0.29, 0.717) is 29.0 Å². The number of nitriles is 1. The first-order valence-corrected chi connectivity index (χ1v) is 8.69. The molecule has 7 heteroatoms. The summed E-state index contributed by atoms with van der Waals surface area (Å²) in [5.41, 5.74) is 1.43. The minimum absolute atomic E-state index is 0.121. The molecule has 2 aromatic carbocycles. The molecule has 0 radical (unpaired) electrons. The number of esters is 1. The van der Waals surface area contributed by atoms with E-state index in [9.17, 15) is 14.4 Å². The molecular weight excluding hydrogens is 360 g/mol. The van der Waals surface area contributed by atoms with Gasteiger partial charge in [0.1, 0.15) is 5.75 Å². The number of nitrogens with one attached hydrogen (secondary N) is 1. The van der Waals surface area contributed by atoms with Crippen molar-refractivity contribution < 1.29 is 23.9 Å². The highest BCUT2D eigenvalue weighted by molar-refractivity contribution is 5.99. The number of Topliss-reactive ketones (excluding diaryl/α,β-unsaturated/α-hetero) is 1. The lowest BCUT2D eigenvalue weighted by molar-refractivity contribution is -0.149. The molecule has 0 saturated carbocycles. The highest BCUT2D eigenvalue weighted by Crippen LogP contribution is 2.14. The zero-order valence-electron chi connectivity index (χ0n) is 15.6. The zero-order valence-corrected chi connectivity index (χ0v) is 15.6. The Balaban J connectivity index is 1.84. The molecule has 144 valence electrons. The Bertz CT molecular complexity index is 883. The lowest BCUT2D eigenvalue weighted by Crippen LogP contribution is -2.28. The second-order valence-corrected chi connectivity index (χ2v) is 5.91. The molecule has 2 aromatic rings. The van der Waals surface area contributed by atoms with E-state index in [1.165, 1.54) is 6.92 Å². The molecule has 0 aliphatic carbocycles. The van der Waals surface area contributed by atoms with Crippen molar-refractivity contribution in [1.29, 1.82) is 5.26 Å². The van der Waals surface area contributed by atoms with Crippen LogP contribution >= 0.6 is 0 Å². The van der Waals surface area contributed by atoms with Crippen LogP contribution in [0.3, 0.4) is 0 Å². The third-order valence-corrected chi connectivity index (χ3v) is 3.79. The Morgan fingerprint density at radius 1 is 1.07 bits per heavy atom. The van der Waals surface area contributed by atoms with Crippen LogP contribution < -0.4 is 10.1 Å². The molecule has 0 saturated heterocycles. The van der Waals surface area contributed by atoms with E-state index in [1.54, 1.807) is 55.5 Å². The number of nitrogens with zero attached hydrogens (tertiary/aromatic N) is 1. The summed E-state index contributed by atoms with van der Waals surface area (Å²) in [6.07, 6.45) is -0.549. The summed E-state index contributed by atoms with van der Waals surface area (Å²) in [6, 6.07) is 14.6. The summed E-state index contributed by atoms with van der Waals surface area (Å²) in [6.45, 7) is 2.84. The average molecular weight is 380 g/mol. The zero-order chi connectivity index (χ0) is 20.5. The third-order valence-electron chi connectivity index (χ3n) is 3.79. The van der Waals surface area contributed by atoms with Crippen molar-refractivity contribution in [3.8, 4) is 11.8 Å². The topological polar surface area (TPSA) is 105 Å². The molecule has 0 aliphatic rings. The molecule has 0 aliphatic heterocycles. The van der Waals surface area contributed by atoms with Gasteiger partial charge in [0, 0.05) is 17.7 Å². The lowest BCUT2D eigenvalue weighted by atomic mass is 10.1. The molecule has 0 spiro atoms. The normalized spacial score (nSPS) is 11.0. The Morgan fingerprint density at radius 3 is 2.29 bits per heavy atom. The van der Waals surface area contributed by atoms with Crippen LogP contribution in [0.15, 0.2) is 48.5 Å². The van der Waals surface area contributed by atoms with E-state index in [1.807, 2.05) is 6.07 Å². The summed E-state index contributed by atoms with van der Waals surface area (Å²) < 4.78 is 10.5. The van der Waals surface area contributed by atoms with E-state index >= 15 is 0 Å². The summed E-state index contributed by atoms with van der Waals surface area (Å²) >= 11 is 0. The molecule has 1 amide bonds. The van der Waals surface area contributed by atoms with Gasteiger partial charge in [-0.2, -0.15) is 5.26 Å². The lowest BCUT2D eigenvalue weighted by Gasteiger charge is -2.13. The molecule has 0 bridgehead atoms. The van der Waals surface area contributed by atoms with E-state index in [0.717, 1.165) is 0 Å². The Labute approximate surface area is 162 Å². The molecule has 1 atom stereocenters. The van der Waals surface area contributed by atoms with Gasteiger partial charge in [0.25, 0.3) is 0 Å². The van der Waals surface area contributed by atoms with E-state index in [4.69, 9.17) is 14.7 Å². The molecule has 2 rings (SSSR count). The monoisotopic (exact) mass is 380 g/mol. The average Bonchev–Trinajstić information content (AvgIpc) is 2.72. The predicted molar refractivity (Wildman–Crippen MR) is 102 cm³/mol. The summed E-state index contributed by atoms with van der Waals surface area (Å²) in [7, 11) is 0. The van der Waals surface area contributed by atoms with Crippen molar-refractivity contribution >= 4 is 23.3 Å². The van der Waals surface area contributed by atoms with Gasteiger partial charge >= 0.3 is 5.97 Å². The third kappa shape index (κ3) is 5.95. The number of hydrogen-bond acceptors (Lipinski definition) is 6. The van der Waals surface area contributed by atoms with Crippen LogP contribution in [0.25, 0.3) is 0 Å². The molecule has 0 fully saturated rings. The standard InChI is InChI=1S/C21H20N2O5/c1-3-20(25)23-17-8-6-16(7-9-17)19(24)13-27-21(26)14(2)28-18-10-4-15(12-22)5-11-18/h4-11,14H,3,13H2,1-2H3,(H,23,25)/t14-/m0/s1. The van der Waals surface area contributed by atoms with Crippen molar-refractivity contribution in [2.75, 3.05) is 11.9 Å². The number of benzene rings is 2. The largest absolute Gasteiger partial charge is 0.479 e. The summed E-state index contributed by atoms with van der Waals surface area (Å²) in [5, 5.41) is 11.4. The van der Waals surface area contributed by atoms with Gasteiger partial charge in [-0.05, 0) is 55.5 Å². The number of carbonyl (C=O) groups is 3. The number of ketones is 1.